The van der Waals surface area contributed by atoms with Crippen molar-refractivity contribution in [2.45, 2.75) is 19.4 Å². The van der Waals surface area contributed by atoms with Crippen LogP contribution in [0, 0.1) is 0 Å². The summed E-state index contributed by atoms with van der Waals surface area (Å²) >= 11 is 0. The molecule has 2 saturated heterocycles. The van der Waals surface area contributed by atoms with Crippen LogP contribution in [0.15, 0.2) is 24.3 Å². The molecule has 2 aliphatic heterocycles. The fourth-order valence-electron chi connectivity index (χ4n) is 3.43. The highest BCUT2D eigenvalue weighted by atomic mass is 16.5. The van der Waals surface area contributed by atoms with Crippen molar-refractivity contribution in [2.75, 3.05) is 59.0 Å². The van der Waals surface area contributed by atoms with Crippen molar-refractivity contribution >= 4 is 0 Å². The molecular weight excluding hydrogens is 290 g/mol. The molecule has 2 aliphatic rings. The first-order valence-corrected chi connectivity index (χ1v) is 8.88. The SMILES string of the molecule is CCOc1ccccc1OCCN1CCN(C2CCNC2)CC1. The number of hydrogen-bond acceptors (Lipinski definition) is 5. The van der Waals surface area contributed by atoms with E-state index in [0.29, 0.717) is 6.61 Å². The largest absolute Gasteiger partial charge is 0.490 e. The van der Waals surface area contributed by atoms with Gasteiger partial charge in [0, 0.05) is 45.3 Å². The Morgan fingerprint density at radius 1 is 1.09 bits per heavy atom. The van der Waals surface area contributed by atoms with E-state index in [1.807, 2.05) is 31.2 Å². The Kier molecular flexibility index (Phi) is 6.13. The highest BCUT2D eigenvalue weighted by molar-refractivity contribution is 5.39. The Morgan fingerprint density at radius 3 is 2.48 bits per heavy atom. The molecule has 23 heavy (non-hydrogen) atoms. The number of ether oxygens (including phenoxy) is 2. The van der Waals surface area contributed by atoms with Gasteiger partial charge in [-0.3, -0.25) is 9.80 Å². The van der Waals surface area contributed by atoms with Gasteiger partial charge in [0.25, 0.3) is 0 Å². The predicted octanol–water partition coefficient (Wildman–Crippen LogP) is 1.44. The smallest absolute Gasteiger partial charge is 0.161 e. The number of rotatable bonds is 7. The third-order valence-corrected chi connectivity index (χ3v) is 4.77. The van der Waals surface area contributed by atoms with Gasteiger partial charge in [-0.1, -0.05) is 12.1 Å². The Labute approximate surface area is 139 Å². The van der Waals surface area contributed by atoms with Gasteiger partial charge in [0.05, 0.1) is 6.61 Å². The first kappa shape index (κ1) is 16.6. The molecule has 2 heterocycles. The van der Waals surface area contributed by atoms with Crippen LogP contribution in [0.4, 0.5) is 0 Å². The highest BCUT2D eigenvalue weighted by Gasteiger charge is 2.25. The van der Waals surface area contributed by atoms with Crippen molar-refractivity contribution < 1.29 is 9.47 Å². The minimum atomic E-state index is 0.665. The number of hydrogen-bond donors (Lipinski definition) is 1. The normalized spacial score (nSPS) is 23.1. The van der Waals surface area contributed by atoms with Gasteiger partial charge in [0.1, 0.15) is 6.61 Å². The maximum atomic E-state index is 5.93. The number of piperazine rings is 1. The molecule has 0 spiro atoms. The van der Waals surface area contributed by atoms with Crippen molar-refractivity contribution in [3.63, 3.8) is 0 Å². The van der Waals surface area contributed by atoms with Gasteiger partial charge in [0.2, 0.25) is 0 Å². The Hall–Kier alpha value is -1.30. The van der Waals surface area contributed by atoms with Crippen molar-refractivity contribution in [1.82, 2.24) is 15.1 Å². The van der Waals surface area contributed by atoms with Crippen LogP contribution < -0.4 is 14.8 Å². The lowest BCUT2D eigenvalue weighted by Gasteiger charge is -2.37. The predicted molar refractivity (Wildman–Crippen MR) is 92.4 cm³/mol. The Bertz CT molecular complexity index is 469. The van der Waals surface area contributed by atoms with Crippen LogP contribution in [0.2, 0.25) is 0 Å². The first-order valence-electron chi connectivity index (χ1n) is 8.88. The molecule has 0 radical (unpaired) electrons. The maximum Gasteiger partial charge on any atom is 0.161 e. The molecule has 0 saturated carbocycles. The summed E-state index contributed by atoms with van der Waals surface area (Å²) in [5, 5.41) is 3.46. The lowest BCUT2D eigenvalue weighted by molar-refractivity contribution is 0.0916. The van der Waals surface area contributed by atoms with Crippen molar-refractivity contribution in [3.8, 4) is 11.5 Å². The molecule has 1 aromatic carbocycles. The van der Waals surface area contributed by atoms with Crippen LogP contribution in [-0.2, 0) is 0 Å². The summed E-state index contributed by atoms with van der Waals surface area (Å²) in [6.45, 7) is 11.4. The Balaban J connectivity index is 1.38. The van der Waals surface area contributed by atoms with Crippen LogP contribution in [0.1, 0.15) is 13.3 Å². The fraction of sp³-hybridized carbons (Fsp3) is 0.667. The average Bonchev–Trinajstić information content (AvgIpc) is 3.12. The number of para-hydroxylation sites is 2. The van der Waals surface area contributed by atoms with Gasteiger partial charge in [-0.25, -0.2) is 0 Å². The topological polar surface area (TPSA) is 37.0 Å². The monoisotopic (exact) mass is 319 g/mol. The summed E-state index contributed by atoms with van der Waals surface area (Å²) in [6.07, 6.45) is 1.30. The lowest BCUT2D eigenvalue weighted by Crippen LogP contribution is -2.51. The van der Waals surface area contributed by atoms with Crippen LogP contribution >= 0.6 is 0 Å². The summed E-state index contributed by atoms with van der Waals surface area (Å²) < 4.78 is 11.5. The summed E-state index contributed by atoms with van der Waals surface area (Å²) in [5.41, 5.74) is 0. The van der Waals surface area contributed by atoms with Crippen LogP contribution in [0.3, 0.4) is 0 Å². The molecular formula is C18H29N3O2. The zero-order valence-corrected chi connectivity index (χ0v) is 14.2. The molecule has 2 fully saturated rings. The average molecular weight is 319 g/mol. The minimum Gasteiger partial charge on any atom is -0.490 e. The first-order chi connectivity index (χ1) is 11.4. The van der Waals surface area contributed by atoms with Crippen LogP contribution in [0.25, 0.3) is 0 Å². The van der Waals surface area contributed by atoms with Crippen molar-refractivity contribution in [3.05, 3.63) is 24.3 Å². The standard InChI is InChI=1S/C18H29N3O2/c1-2-22-17-5-3-4-6-18(17)23-14-13-20-9-11-21(12-10-20)16-7-8-19-15-16/h3-6,16,19H,2,7-15H2,1H3. The molecule has 0 aliphatic carbocycles. The van der Waals surface area contributed by atoms with Crippen LogP contribution in [0.5, 0.6) is 11.5 Å². The molecule has 1 aromatic rings. The van der Waals surface area contributed by atoms with E-state index in [0.717, 1.165) is 50.3 Å². The minimum absolute atomic E-state index is 0.665. The molecule has 0 aromatic heterocycles. The molecule has 1 unspecified atom stereocenters. The van der Waals surface area contributed by atoms with E-state index in [1.54, 1.807) is 0 Å². The van der Waals surface area contributed by atoms with Crippen molar-refractivity contribution in [1.29, 1.82) is 0 Å². The molecule has 0 amide bonds. The van der Waals surface area contributed by atoms with Gasteiger partial charge >= 0.3 is 0 Å². The van der Waals surface area contributed by atoms with Gasteiger partial charge in [0.15, 0.2) is 11.5 Å². The van der Waals surface area contributed by atoms with Gasteiger partial charge in [-0.15, -0.1) is 0 Å². The zero-order chi connectivity index (χ0) is 15.9. The fourth-order valence-corrected chi connectivity index (χ4v) is 3.43. The van der Waals surface area contributed by atoms with E-state index in [9.17, 15) is 0 Å². The number of nitrogens with zero attached hydrogens (tertiary/aromatic N) is 2. The second kappa shape index (κ2) is 8.52. The zero-order valence-electron chi connectivity index (χ0n) is 14.2. The number of benzene rings is 1. The molecule has 3 rings (SSSR count). The Morgan fingerprint density at radius 2 is 1.83 bits per heavy atom. The van der Waals surface area contributed by atoms with Gasteiger partial charge in [-0.05, 0) is 32.0 Å². The third-order valence-electron chi connectivity index (χ3n) is 4.77. The molecule has 5 heteroatoms. The van der Waals surface area contributed by atoms with E-state index in [-0.39, 0.29) is 0 Å². The summed E-state index contributed by atoms with van der Waals surface area (Å²) in [7, 11) is 0. The number of nitrogens with one attached hydrogen (secondary N) is 1. The van der Waals surface area contributed by atoms with Gasteiger partial charge < -0.3 is 14.8 Å². The van der Waals surface area contributed by atoms with E-state index in [2.05, 4.69) is 15.1 Å². The van der Waals surface area contributed by atoms with E-state index < -0.39 is 0 Å². The van der Waals surface area contributed by atoms with Crippen molar-refractivity contribution in [2.24, 2.45) is 0 Å². The van der Waals surface area contributed by atoms with Crippen LogP contribution in [-0.4, -0.2) is 74.9 Å². The van der Waals surface area contributed by atoms with Gasteiger partial charge in [-0.2, -0.15) is 0 Å². The van der Waals surface area contributed by atoms with E-state index in [4.69, 9.17) is 9.47 Å². The molecule has 0 bridgehead atoms. The maximum absolute atomic E-state index is 5.93. The quantitative estimate of drug-likeness (QED) is 0.823. The second-order valence-electron chi connectivity index (χ2n) is 6.25. The summed E-state index contributed by atoms with van der Waals surface area (Å²) in [6, 6.07) is 8.68. The summed E-state index contributed by atoms with van der Waals surface area (Å²) in [5.74, 6) is 1.69. The van der Waals surface area contributed by atoms with E-state index in [1.165, 1.54) is 26.1 Å². The highest BCUT2D eigenvalue weighted by Crippen LogP contribution is 2.26. The van der Waals surface area contributed by atoms with E-state index >= 15 is 0 Å². The molecule has 1 N–H and O–H groups in total. The molecule has 5 nitrogen and oxygen atoms in total. The summed E-state index contributed by atoms with van der Waals surface area (Å²) in [4.78, 5) is 5.14. The molecule has 128 valence electrons. The third kappa shape index (κ3) is 4.59. The second-order valence-corrected chi connectivity index (χ2v) is 6.25. The lowest BCUT2D eigenvalue weighted by atomic mass is 10.2. The molecule has 1 atom stereocenters.